The minimum Gasteiger partial charge on any atom is -0.340 e. The highest BCUT2D eigenvalue weighted by atomic mass is 32.1. The number of aryl methyl sites for hydroxylation is 1. The molecule has 0 saturated carbocycles. The Bertz CT molecular complexity index is 335. The second kappa shape index (κ2) is 5.28. The van der Waals surface area contributed by atoms with Crippen LogP contribution in [0.3, 0.4) is 0 Å². The van der Waals surface area contributed by atoms with Crippen LogP contribution in [0, 0.1) is 12.8 Å². The molecule has 0 saturated heterocycles. The number of nitrogens with two attached hydrogens (primary N) is 1. The molecule has 1 unspecified atom stereocenters. The van der Waals surface area contributed by atoms with Crippen molar-refractivity contribution in [3.8, 4) is 0 Å². The smallest absolute Gasteiger partial charge is 0.226 e. The van der Waals surface area contributed by atoms with Crippen molar-refractivity contribution >= 4 is 17.2 Å². The third-order valence-corrected chi connectivity index (χ3v) is 3.33. The summed E-state index contributed by atoms with van der Waals surface area (Å²) in [5, 5.41) is 0. The lowest BCUT2D eigenvalue weighted by atomic mass is 10.1. The van der Waals surface area contributed by atoms with E-state index >= 15 is 0 Å². The summed E-state index contributed by atoms with van der Waals surface area (Å²) in [7, 11) is 1.82. The van der Waals surface area contributed by atoms with Gasteiger partial charge in [-0.2, -0.15) is 0 Å². The third kappa shape index (κ3) is 3.32. The molecule has 1 rings (SSSR count). The molecule has 1 heterocycles. The van der Waals surface area contributed by atoms with E-state index < -0.39 is 0 Å². The Hall–Kier alpha value is -0.870. The molecule has 0 radical (unpaired) electrons. The first-order valence-electron chi connectivity index (χ1n) is 5.05. The van der Waals surface area contributed by atoms with Crippen LogP contribution in [0.25, 0.3) is 0 Å². The van der Waals surface area contributed by atoms with E-state index in [4.69, 9.17) is 5.73 Å². The van der Waals surface area contributed by atoms with Gasteiger partial charge in [-0.3, -0.25) is 4.79 Å². The van der Waals surface area contributed by atoms with Crippen molar-refractivity contribution in [2.45, 2.75) is 20.4 Å². The zero-order valence-corrected chi connectivity index (χ0v) is 10.3. The first-order valence-corrected chi connectivity index (χ1v) is 5.86. The molecule has 0 aliphatic carbocycles. The van der Waals surface area contributed by atoms with Gasteiger partial charge in [-0.15, -0.1) is 11.3 Å². The predicted octanol–water partition coefficient (Wildman–Crippen LogP) is 1.61. The van der Waals surface area contributed by atoms with E-state index in [-0.39, 0.29) is 11.8 Å². The predicted molar refractivity (Wildman–Crippen MR) is 63.7 cm³/mol. The molecule has 0 aliphatic heterocycles. The molecule has 15 heavy (non-hydrogen) atoms. The van der Waals surface area contributed by atoms with Crippen LogP contribution in [0.1, 0.15) is 16.7 Å². The summed E-state index contributed by atoms with van der Waals surface area (Å²) >= 11 is 1.73. The summed E-state index contributed by atoms with van der Waals surface area (Å²) in [4.78, 5) is 16.0. The number of nitrogens with zero attached hydrogens (tertiary/aromatic N) is 1. The van der Waals surface area contributed by atoms with Crippen LogP contribution in [0.2, 0.25) is 0 Å². The van der Waals surface area contributed by atoms with Crippen LogP contribution in [0.15, 0.2) is 12.1 Å². The molecule has 1 amide bonds. The van der Waals surface area contributed by atoms with Crippen molar-refractivity contribution in [1.29, 1.82) is 0 Å². The highest BCUT2D eigenvalue weighted by Crippen LogP contribution is 2.17. The number of carbonyl (C=O) groups is 1. The number of thiophene rings is 1. The zero-order chi connectivity index (χ0) is 11.4. The van der Waals surface area contributed by atoms with Crippen molar-refractivity contribution < 1.29 is 4.79 Å². The number of carbonyl (C=O) groups excluding carboxylic acids is 1. The maximum atomic E-state index is 11.7. The van der Waals surface area contributed by atoms with E-state index in [0.717, 1.165) is 0 Å². The quantitative estimate of drug-likeness (QED) is 0.848. The monoisotopic (exact) mass is 226 g/mol. The van der Waals surface area contributed by atoms with Crippen LogP contribution in [0.5, 0.6) is 0 Å². The van der Waals surface area contributed by atoms with Gasteiger partial charge in [-0.05, 0) is 19.1 Å². The summed E-state index contributed by atoms with van der Waals surface area (Å²) < 4.78 is 0. The van der Waals surface area contributed by atoms with Crippen LogP contribution < -0.4 is 5.73 Å². The van der Waals surface area contributed by atoms with Gasteiger partial charge >= 0.3 is 0 Å². The topological polar surface area (TPSA) is 46.3 Å². The van der Waals surface area contributed by atoms with E-state index in [1.165, 1.54) is 9.75 Å². The molecular formula is C11H18N2OS. The first kappa shape index (κ1) is 12.2. The molecule has 3 nitrogen and oxygen atoms in total. The van der Waals surface area contributed by atoms with E-state index in [9.17, 15) is 4.79 Å². The SMILES string of the molecule is Cc1ccc(CN(C)C(=O)C(C)CN)s1. The summed E-state index contributed by atoms with van der Waals surface area (Å²) in [6, 6.07) is 4.14. The Morgan fingerprint density at radius 1 is 1.60 bits per heavy atom. The van der Waals surface area contributed by atoms with Gasteiger partial charge in [0.2, 0.25) is 5.91 Å². The molecule has 0 aromatic carbocycles. The fourth-order valence-electron chi connectivity index (χ4n) is 1.36. The van der Waals surface area contributed by atoms with Gasteiger partial charge in [0.05, 0.1) is 6.54 Å². The van der Waals surface area contributed by atoms with Gasteiger partial charge in [0.15, 0.2) is 0 Å². The molecule has 0 fully saturated rings. The second-order valence-corrected chi connectivity index (χ2v) is 5.22. The summed E-state index contributed by atoms with van der Waals surface area (Å²) in [6.45, 7) is 5.02. The van der Waals surface area contributed by atoms with Crippen molar-refractivity contribution in [3.05, 3.63) is 21.9 Å². The highest BCUT2D eigenvalue weighted by molar-refractivity contribution is 7.11. The van der Waals surface area contributed by atoms with Gasteiger partial charge in [0.25, 0.3) is 0 Å². The standard InChI is InChI=1S/C11H18N2OS/c1-8(6-12)11(14)13(3)7-10-5-4-9(2)15-10/h4-5,8H,6-7,12H2,1-3H3. The molecule has 0 aliphatic rings. The lowest BCUT2D eigenvalue weighted by molar-refractivity contribution is -0.133. The van der Waals surface area contributed by atoms with Crippen LogP contribution in [-0.4, -0.2) is 24.4 Å². The van der Waals surface area contributed by atoms with Crippen molar-refractivity contribution in [2.24, 2.45) is 11.7 Å². The highest BCUT2D eigenvalue weighted by Gasteiger charge is 2.16. The van der Waals surface area contributed by atoms with Crippen LogP contribution >= 0.6 is 11.3 Å². The van der Waals surface area contributed by atoms with Crippen molar-refractivity contribution in [2.75, 3.05) is 13.6 Å². The van der Waals surface area contributed by atoms with Crippen LogP contribution in [0.4, 0.5) is 0 Å². The molecule has 1 atom stereocenters. The van der Waals surface area contributed by atoms with E-state index in [2.05, 4.69) is 19.1 Å². The number of hydrogen-bond donors (Lipinski definition) is 1. The fourth-order valence-corrected chi connectivity index (χ4v) is 2.30. The average Bonchev–Trinajstić information content (AvgIpc) is 2.61. The summed E-state index contributed by atoms with van der Waals surface area (Å²) in [6.07, 6.45) is 0. The number of rotatable bonds is 4. The number of hydrogen-bond acceptors (Lipinski definition) is 3. The Labute approximate surface area is 94.9 Å². The van der Waals surface area contributed by atoms with Gasteiger partial charge in [-0.1, -0.05) is 6.92 Å². The van der Waals surface area contributed by atoms with E-state index in [1.54, 1.807) is 16.2 Å². The minimum atomic E-state index is -0.0870. The normalized spacial score (nSPS) is 12.5. The first-order chi connectivity index (χ1) is 7.04. The average molecular weight is 226 g/mol. The largest absolute Gasteiger partial charge is 0.340 e. The van der Waals surface area contributed by atoms with Crippen molar-refractivity contribution in [3.63, 3.8) is 0 Å². The van der Waals surface area contributed by atoms with E-state index in [1.807, 2.05) is 14.0 Å². The molecule has 0 spiro atoms. The lowest BCUT2D eigenvalue weighted by Gasteiger charge is -2.19. The Morgan fingerprint density at radius 2 is 2.27 bits per heavy atom. The van der Waals surface area contributed by atoms with Gasteiger partial charge in [0.1, 0.15) is 0 Å². The molecule has 1 aromatic heterocycles. The molecule has 2 N–H and O–H groups in total. The summed E-state index contributed by atoms with van der Waals surface area (Å²) in [5.74, 6) is 0.0274. The molecule has 4 heteroatoms. The van der Waals surface area contributed by atoms with Gasteiger partial charge in [0, 0.05) is 29.3 Å². The Morgan fingerprint density at radius 3 is 2.73 bits per heavy atom. The second-order valence-electron chi connectivity index (χ2n) is 3.84. The number of amides is 1. The minimum absolute atomic E-state index is 0.0870. The van der Waals surface area contributed by atoms with Gasteiger partial charge in [-0.25, -0.2) is 0 Å². The van der Waals surface area contributed by atoms with Crippen LogP contribution in [-0.2, 0) is 11.3 Å². The lowest BCUT2D eigenvalue weighted by Crippen LogP contribution is -2.34. The van der Waals surface area contributed by atoms with E-state index in [0.29, 0.717) is 13.1 Å². The zero-order valence-electron chi connectivity index (χ0n) is 9.49. The molecule has 84 valence electrons. The third-order valence-electron chi connectivity index (χ3n) is 2.34. The van der Waals surface area contributed by atoms with Gasteiger partial charge < -0.3 is 10.6 Å². The maximum Gasteiger partial charge on any atom is 0.226 e. The molecule has 1 aromatic rings. The fraction of sp³-hybridized carbons (Fsp3) is 0.545. The molecular weight excluding hydrogens is 208 g/mol. The Kier molecular flexibility index (Phi) is 4.29. The maximum absolute atomic E-state index is 11.7. The Balaban J connectivity index is 2.55. The van der Waals surface area contributed by atoms with Crippen molar-refractivity contribution in [1.82, 2.24) is 4.90 Å². The molecule has 0 bridgehead atoms. The summed E-state index contributed by atoms with van der Waals surface area (Å²) in [5.41, 5.74) is 5.46.